The molecule has 0 spiro atoms. The fraction of sp³-hybridized carbons (Fsp3) is 0.714. The summed E-state index contributed by atoms with van der Waals surface area (Å²) in [6.45, 7) is 8.85. The molecule has 0 aromatic carbocycles. The lowest BCUT2D eigenvalue weighted by molar-refractivity contribution is 0.0500. The first-order valence-corrected chi connectivity index (χ1v) is 6.86. The maximum atomic E-state index is 11.9. The molecule has 1 N–H and O–H groups in total. The quantitative estimate of drug-likeness (QED) is 0.871. The standard InChI is InChI=1S/C14H25N3O3/c1-6-11(16-13(18)20-14(2,3)4)12-9-15-10-17(12)7-8-19-5/h9-11H,6-8H2,1-5H3,(H,16,18)/t11-/m1/s1. The zero-order valence-electron chi connectivity index (χ0n) is 13.0. The SMILES string of the molecule is CC[C@@H](NC(=O)OC(C)(C)C)c1cncn1CCOC. The van der Waals surface area contributed by atoms with Crippen LogP contribution in [0.4, 0.5) is 4.79 Å². The van der Waals surface area contributed by atoms with Gasteiger partial charge in [0.1, 0.15) is 5.60 Å². The molecule has 1 amide bonds. The molecule has 0 saturated heterocycles. The third-order valence-corrected chi connectivity index (χ3v) is 2.74. The Morgan fingerprint density at radius 2 is 2.20 bits per heavy atom. The minimum atomic E-state index is -0.501. The molecule has 0 unspecified atom stereocenters. The van der Waals surface area contributed by atoms with Crippen LogP contribution < -0.4 is 5.32 Å². The molecular weight excluding hydrogens is 258 g/mol. The molecule has 0 aliphatic carbocycles. The first-order valence-electron chi connectivity index (χ1n) is 6.86. The summed E-state index contributed by atoms with van der Waals surface area (Å²) in [5.74, 6) is 0. The van der Waals surface area contributed by atoms with Crippen LogP contribution in [0.15, 0.2) is 12.5 Å². The van der Waals surface area contributed by atoms with E-state index in [4.69, 9.17) is 9.47 Å². The van der Waals surface area contributed by atoms with Crippen LogP contribution in [0.25, 0.3) is 0 Å². The highest BCUT2D eigenvalue weighted by Crippen LogP contribution is 2.17. The highest BCUT2D eigenvalue weighted by atomic mass is 16.6. The number of carbonyl (C=O) groups is 1. The number of imidazole rings is 1. The molecule has 1 atom stereocenters. The largest absolute Gasteiger partial charge is 0.444 e. The summed E-state index contributed by atoms with van der Waals surface area (Å²) in [4.78, 5) is 16.0. The zero-order chi connectivity index (χ0) is 15.2. The Morgan fingerprint density at radius 1 is 1.50 bits per heavy atom. The molecule has 1 aromatic rings. The van der Waals surface area contributed by atoms with Gasteiger partial charge in [0.25, 0.3) is 0 Å². The minimum Gasteiger partial charge on any atom is -0.444 e. The second-order valence-corrected chi connectivity index (χ2v) is 5.61. The number of nitrogens with zero attached hydrogens (tertiary/aromatic N) is 2. The molecule has 0 aliphatic heterocycles. The number of amides is 1. The van der Waals surface area contributed by atoms with Gasteiger partial charge in [-0.15, -0.1) is 0 Å². The van der Waals surface area contributed by atoms with Gasteiger partial charge in [0, 0.05) is 13.7 Å². The third kappa shape index (κ3) is 5.21. The van der Waals surface area contributed by atoms with Crippen LogP contribution in [0.2, 0.25) is 0 Å². The second kappa shape index (κ2) is 7.28. The molecule has 0 saturated carbocycles. The van der Waals surface area contributed by atoms with Gasteiger partial charge >= 0.3 is 6.09 Å². The summed E-state index contributed by atoms with van der Waals surface area (Å²) in [5.41, 5.74) is 0.453. The van der Waals surface area contributed by atoms with Crippen molar-refractivity contribution < 1.29 is 14.3 Å². The van der Waals surface area contributed by atoms with Gasteiger partial charge in [0.15, 0.2) is 0 Å². The predicted molar refractivity (Wildman–Crippen MR) is 76.5 cm³/mol. The topological polar surface area (TPSA) is 65.4 Å². The highest BCUT2D eigenvalue weighted by Gasteiger charge is 2.21. The first kappa shape index (κ1) is 16.5. The van der Waals surface area contributed by atoms with Gasteiger partial charge < -0.3 is 19.4 Å². The minimum absolute atomic E-state index is 0.121. The van der Waals surface area contributed by atoms with Crippen LogP contribution in [0.5, 0.6) is 0 Å². The highest BCUT2D eigenvalue weighted by molar-refractivity contribution is 5.68. The smallest absolute Gasteiger partial charge is 0.408 e. The van der Waals surface area contributed by atoms with Gasteiger partial charge in [0.05, 0.1) is 30.9 Å². The number of carbonyl (C=O) groups excluding carboxylic acids is 1. The second-order valence-electron chi connectivity index (χ2n) is 5.61. The Hall–Kier alpha value is -1.56. The Bertz CT molecular complexity index is 424. The van der Waals surface area contributed by atoms with Crippen molar-refractivity contribution in [1.29, 1.82) is 0 Å². The number of hydrogen-bond donors (Lipinski definition) is 1. The summed E-state index contributed by atoms with van der Waals surface area (Å²) in [5, 5.41) is 2.88. The number of alkyl carbamates (subject to hydrolysis) is 1. The molecule has 1 rings (SSSR count). The van der Waals surface area contributed by atoms with E-state index in [-0.39, 0.29) is 6.04 Å². The van der Waals surface area contributed by atoms with Gasteiger partial charge in [-0.2, -0.15) is 0 Å². The Kier molecular flexibility index (Phi) is 6.01. The summed E-state index contributed by atoms with van der Waals surface area (Å²) in [7, 11) is 1.66. The summed E-state index contributed by atoms with van der Waals surface area (Å²) >= 11 is 0. The molecular formula is C14H25N3O3. The average Bonchev–Trinajstić information content (AvgIpc) is 2.79. The van der Waals surface area contributed by atoms with Crippen LogP contribution >= 0.6 is 0 Å². The van der Waals surface area contributed by atoms with Gasteiger partial charge in [-0.25, -0.2) is 9.78 Å². The molecule has 20 heavy (non-hydrogen) atoms. The summed E-state index contributed by atoms with van der Waals surface area (Å²) in [6.07, 6.45) is 3.86. The van der Waals surface area contributed by atoms with Crippen molar-refractivity contribution in [2.24, 2.45) is 0 Å². The fourth-order valence-electron chi connectivity index (χ4n) is 1.83. The van der Waals surface area contributed by atoms with Crippen molar-refractivity contribution in [3.05, 3.63) is 18.2 Å². The van der Waals surface area contributed by atoms with Crippen molar-refractivity contribution >= 4 is 6.09 Å². The third-order valence-electron chi connectivity index (χ3n) is 2.74. The Labute approximate surface area is 120 Å². The maximum absolute atomic E-state index is 11.9. The van der Waals surface area contributed by atoms with Crippen molar-refractivity contribution in [1.82, 2.24) is 14.9 Å². The molecule has 114 valence electrons. The van der Waals surface area contributed by atoms with Crippen LogP contribution in [-0.4, -0.2) is 35.0 Å². The van der Waals surface area contributed by atoms with E-state index in [1.165, 1.54) is 0 Å². The lowest BCUT2D eigenvalue weighted by Crippen LogP contribution is -2.35. The number of ether oxygens (including phenoxy) is 2. The lowest BCUT2D eigenvalue weighted by atomic mass is 10.1. The van der Waals surface area contributed by atoms with E-state index in [0.717, 1.165) is 12.1 Å². The number of methoxy groups -OCH3 is 1. The van der Waals surface area contributed by atoms with Crippen LogP contribution in [0.1, 0.15) is 45.9 Å². The monoisotopic (exact) mass is 283 g/mol. The molecule has 0 aliphatic rings. The summed E-state index contributed by atoms with van der Waals surface area (Å²) in [6, 6.07) is -0.121. The van der Waals surface area contributed by atoms with E-state index in [1.807, 2.05) is 32.3 Å². The Balaban J connectivity index is 2.71. The molecule has 0 radical (unpaired) electrons. The van der Waals surface area contributed by atoms with Crippen molar-refractivity contribution in [3.63, 3.8) is 0 Å². The molecule has 1 heterocycles. The van der Waals surface area contributed by atoms with Gasteiger partial charge in [-0.1, -0.05) is 6.92 Å². The van der Waals surface area contributed by atoms with Crippen LogP contribution in [-0.2, 0) is 16.0 Å². The maximum Gasteiger partial charge on any atom is 0.408 e. The van der Waals surface area contributed by atoms with Gasteiger partial charge in [0.2, 0.25) is 0 Å². The number of hydrogen-bond acceptors (Lipinski definition) is 4. The van der Waals surface area contributed by atoms with E-state index in [9.17, 15) is 4.79 Å². The van der Waals surface area contributed by atoms with E-state index >= 15 is 0 Å². The van der Waals surface area contributed by atoms with Crippen molar-refractivity contribution in [2.75, 3.05) is 13.7 Å². The molecule has 0 bridgehead atoms. The van der Waals surface area contributed by atoms with E-state index in [2.05, 4.69) is 10.3 Å². The lowest BCUT2D eigenvalue weighted by Gasteiger charge is -2.23. The molecule has 1 aromatic heterocycles. The molecule has 6 nitrogen and oxygen atoms in total. The number of rotatable bonds is 6. The van der Waals surface area contributed by atoms with E-state index < -0.39 is 11.7 Å². The van der Waals surface area contributed by atoms with Crippen molar-refractivity contribution in [3.8, 4) is 0 Å². The Morgan fingerprint density at radius 3 is 2.75 bits per heavy atom. The predicted octanol–water partition coefficient (Wildman–Crippen LogP) is 2.51. The van der Waals surface area contributed by atoms with Crippen LogP contribution in [0, 0.1) is 0 Å². The number of nitrogens with one attached hydrogen (secondary N) is 1. The summed E-state index contributed by atoms with van der Waals surface area (Å²) < 4.78 is 12.3. The van der Waals surface area contributed by atoms with E-state index in [1.54, 1.807) is 19.6 Å². The van der Waals surface area contributed by atoms with Crippen LogP contribution in [0.3, 0.4) is 0 Å². The van der Waals surface area contributed by atoms with Crippen molar-refractivity contribution in [2.45, 2.75) is 52.3 Å². The van der Waals surface area contributed by atoms with E-state index in [0.29, 0.717) is 13.2 Å². The first-order chi connectivity index (χ1) is 9.37. The van der Waals surface area contributed by atoms with Gasteiger partial charge in [-0.05, 0) is 27.2 Å². The van der Waals surface area contributed by atoms with Gasteiger partial charge in [-0.3, -0.25) is 0 Å². The normalized spacial score (nSPS) is 13.1. The number of aromatic nitrogens is 2. The molecule has 6 heteroatoms. The zero-order valence-corrected chi connectivity index (χ0v) is 13.0. The average molecular weight is 283 g/mol. The fourth-order valence-corrected chi connectivity index (χ4v) is 1.83. The molecule has 0 fully saturated rings.